The van der Waals surface area contributed by atoms with Gasteiger partial charge in [0.25, 0.3) is 0 Å². The highest BCUT2D eigenvalue weighted by Gasteiger charge is 2.36. The summed E-state index contributed by atoms with van der Waals surface area (Å²) in [6.45, 7) is 12.8. The Labute approximate surface area is 171 Å². The van der Waals surface area contributed by atoms with Gasteiger partial charge in [0.2, 0.25) is 0 Å². The summed E-state index contributed by atoms with van der Waals surface area (Å²) in [7, 11) is 1.79. The summed E-state index contributed by atoms with van der Waals surface area (Å²) >= 11 is 0. The quantitative estimate of drug-likeness (QED) is 0.361. The largest absolute Gasteiger partial charge is 0.461 e. The molecule has 0 saturated heterocycles. The van der Waals surface area contributed by atoms with E-state index in [0.29, 0.717) is 17.8 Å². The van der Waals surface area contributed by atoms with E-state index in [1.165, 1.54) is 6.42 Å². The van der Waals surface area contributed by atoms with E-state index in [-0.39, 0.29) is 12.1 Å². The molecule has 4 atom stereocenters. The second kappa shape index (κ2) is 10.1. The number of esters is 1. The number of aryl methyl sites for hydroxylation is 1. The number of ether oxygens (including phenoxy) is 1. The van der Waals surface area contributed by atoms with Gasteiger partial charge in [-0.25, -0.2) is 4.79 Å². The van der Waals surface area contributed by atoms with Crippen LogP contribution >= 0.6 is 0 Å². The van der Waals surface area contributed by atoms with E-state index in [4.69, 9.17) is 4.74 Å². The molecule has 1 aliphatic carbocycles. The van der Waals surface area contributed by atoms with Gasteiger partial charge in [0.05, 0.1) is 0 Å². The van der Waals surface area contributed by atoms with Crippen molar-refractivity contribution in [1.82, 2.24) is 0 Å². The fourth-order valence-electron chi connectivity index (χ4n) is 4.44. The second-order valence-corrected chi connectivity index (χ2v) is 8.63. The number of carbonyl (C=O) groups excluding carboxylic acids is 1. The zero-order valence-corrected chi connectivity index (χ0v) is 18.7. The van der Waals surface area contributed by atoms with Crippen LogP contribution in [-0.4, -0.2) is 31.0 Å². The van der Waals surface area contributed by atoms with Crippen LogP contribution in [0.15, 0.2) is 29.3 Å². The Morgan fingerprint density at radius 2 is 1.93 bits per heavy atom. The van der Waals surface area contributed by atoms with Gasteiger partial charge >= 0.3 is 5.97 Å². The highest BCUT2D eigenvalue weighted by atomic mass is 16.5. The predicted molar refractivity (Wildman–Crippen MR) is 118 cm³/mol. The molecule has 0 aliphatic heterocycles. The predicted octanol–water partition coefficient (Wildman–Crippen LogP) is 5.63. The first-order chi connectivity index (χ1) is 13.3. The van der Waals surface area contributed by atoms with Crippen molar-refractivity contribution >= 4 is 17.5 Å². The average Bonchev–Trinajstić information content (AvgIpc) is 2.66. The van der Waals surface area contributed by atoms with Crippen molar-refractivity contribution in [1.29, 1.82) is 0 Å². The molecular formula is C24H38N2O2. The number of benzene rings is 1. The van der Waals surface area contributed by atoms with Crippen LogP contribution < -0.4 is 4.90 Å². The molecule has 1 aromatic carbocycles. The fraction of sp³-hybridized carbons (Fsp3) is 0.667. The Kier molecular flexibility index (Phi) is 8.09. The molecule has 2 rings (SSSR count). The van der Waals surface area contributed by atoms with Crippen molar-refractivity contribution < 1.29 is 9.53 Å². The maximum Gasteiger partial charge on any atom is 0.329 e. The van der Waals surface area contributed by atoms with Crippen LogP contribution in [0.2, 0.25) is 0 Å². The topological polar surface area (TPSA) is 41.9 Å². The number of nitrogens with zero attached hydrogens (tertiary/aromatic N) is 2. The van der Waals surface area contributed by atoms with Gasteiger partial charge in [-0.05, 0) is 56.1 Å². The van der Waals surface area contributed by atoms with Gasteiger partial charge in [0.1, 0.15) is 18.0 Å². The van der Waals surface area contributed by atoms with Gasteiger partial charge < -0.3 is 9.64 Å². The summed E-state index contributed by atoms with van der Waals surface area (Å²) in [5.41, 5.74) is 2.15. The molecular weight excluding hydrogens is 348 g/mol. The third-order valence-corrected chi connectivity index (χ3v) is 6.18. The first kappa shape index (κ1) is 22.4. The van der Waals surface area contributed by atoms with Crippen molar-refractivity contribution in [2.45, 2.75) is 79.4 Å². The second-order valence-electron chi connectivity index (χ2n) is 8.63. The Balaban J connectivity index is 2.27. The maximum atomic E-state index is 13.2. The first-order valence-corrected chi connectivity index (χ1v) is 10.8. The number of hydrogen-bond acceptors (Lipinski definition) is 3. The standard InChI is InChI=1S/C24H38N2O2/c1-8-23(25-7)26(21-12-10-9-11-18(21)5)19(6)24(27)28-22-15-17(4)13-14-20(22)16(2)3/h9-12,16-17,19-20,22H,8,13-15H2,1-7H3/b25-23+/t17-,19+,20+,22-/m0/s1. The monoisotopic (exact) mass is 386 g/mol. The summed E-state index contributed by atoms with van der Waals surface area (Å²) in [5.74, 6) is 2.33. The van der Waals surface area contributed by atoms with Gasteiger partial charge in [-0.15, -0.1) is 0 Å². The lowest BCUT2D eigenvalue weighted by Crippen LogP contribution is -2.47. The lowest BCUT2D eigenvalue weighted by Gasteiger charge is -2.38. The third kappa shape index (κ3) is 5.15. The minimum Gasteiger partial charge on any atom is -0.461 e. The van der Waals surface area contributed by atoms with Crippen LogP contribution in [0, 0.1) is 24.7 Å². The third-order valence-electron chi connectivity index (χ3n) is 6.18. The lowest BCUT2D eigenvalue weighted by atomic mass is 9.75. The van der Waals surface area contributed by atoms with E-state index in [9.17, 15) is 4.79 Å². The van der Waals surface area contributed by atoms with Crippen LogP contribution in [0.3, 0.4) is 0 Å². The smallest absolute Gasteiger partial charge is 0.329 e. The molecule has 0 N–H and O–H groups in total. The van der Waals surface area contributed by atoms with Gasteiger partial charge in [0.15, 0.2) is 0 Å². The van der Waals surface area contributed by atoms with E-state index in [1.54, 1.807) is 7.05 Å². The highest BCUT2D eigenvalue weighted by Crippen LogP contribution is 2.36. The van der Waals surface area contributed by atoms with Gasteiger partial charge in [0, 0.05) is 19.2 Å². The Hall–Kier alpha value is -1.84. The van der Waals surface area contributed by atoms with Crippen molar-refractivity contribution in [3.8, 4) is 0 Å². The Bertz CT molecular complexity index is 683. The number of carbonyl (C=O) groups is 1. The number of hydrogen-bond donors (Lipinski definition) is 0. The molecule has 0 spiro atoms. The molecule has 156 valence electrons. The molecule has 4 nitrogen and oxygen atoms in total. The van der Waals surface area contributed by atoms with Crippen LogP contribution in [0.1, 0.15) is 65.9 Å². The summed E-state index contributed by atoms with van der Waals surface area (Å²) in [6, 6.07) is 7.74. The van der Waals surface area contributed by atoms with E-state index in [0.717, 1.165) is 36.3 Å². The number of aliphatic imine (C=N–C) groups is 1. The summed E-state index contributed by atoms with van der Waals surface area (Å²) in [4.78, 5) is 19.7. The minimum atomic E-state index is -0.412. The lowest BCUT2D eigenvalue weighted by molar-refractivity contribution is -0.156. The van der Waals surface area contributed by atoms with Crippen LogP contribution in [0.4, 0.5) is 5.69 Å². The van der Waals surface area contributed by atoms with Crippen LogP contribution in [-0.2, 0) is 9.53 Å². The van der Waals surface area contributed by atoms with E-state index in [1.807, 2.05) is 24.0 Å². The van der Waals surface area contributed by atoms with E-state index < -0.39 is 6.04 Å². The zero-order chi connectivity index (χ0) is 20.8. The van der Waals surface area contributed by atoms with Crippen molar-refractivity contribution in [2.75, 3.05) is 11.9 Å². The van der Waals surface area contributed by atoms with Crippen LogP contribution in [0.5, 0.6) is 0 Å². The molecule has 0 amide bonds. The number of amidine groups is 1. The molecule has 0 unspecified atom stereocenters. The average molecular weight is 387 g/mol. The highest BCUT2D eigenvalue weighted by molar-refractivity contribution is 6.03. The Morgan fingerprint density at radius 3 is 2.50 bits per heavy atom. The molecule has 4 heteroatoms. The van der Waals surface area contributed by atoms with E-state index >= 15 is 0 Å². The molecule has 1 aliphatic rings. The van der Waals surface area contributed by atoms with Gasteiger partial charge in [-0.2, -0.15) is 0 Å². The molecule has 28 heavy (non-hydrogen) atoms. The fourth-order valence-corrected chi connectivity index (χ4v) is 4.44. The normalized spacial score (nSPS) is 24.1. The van der Waals surface area contributed by atoms with Crippen molar-refractivity contribution in [2.24, 2.45) is 22.7 Å². The molecule has 1 fully saturated rings. The number of para-hydroxylation sites is 1. The molecule has 0 bridgehead atoms. The van der Waals surface area contributed by atoms with Gasteiger partial charge in [-0.1, -0.05) is 52.3 Å². The summed E-state index contributed by atoms with van der Waals surface area (Å²) < 4.78 is 6.14. The summed E-state index contributed by atoms with van der Waals surface area (Å²) in [5, 5.41) is 0. The maximum absolute atomic E-state index is 13.2. The van der Waals surface area contributed by atoms with Crippen LogP contribution in [0.25, 0.3) is 0 Å². The molecule has 0 heterocycles. The summed E-state index contributed by atoms with van der Waals surface area (Å²) in [6.07, 6.45) is 4.11. The minimum absolute atomic E-state index is 0.0149. The number of anilines is 1. The molecule has 1 saturated carbocycles. The van der Waals surface area contributed by atoms with Gasteiger partial charge in [-0.3, -0.25) is 4.99 Å². The molecule has 0 aromatic heterocycles. The first-order valence-electron chi connectivity index (χ1n) is 10.8. The van der Waals surface area contributed by atoms with E-state index in [2.05, 4.69) is 51.7 Å². The SMILES string of the molecule is CC/C(=N\C)N(c1ccccc1C)[C@H](C)C(=O)O[C@H]1C[C@@H](C)CC[C@@H]1C(C)C. The zero-order valence-electron chi connectivity index (χ0n) is 18.7. The molecule has 0 radical (unpaired) electrons. The molecule has 1 aromatic rings. The van der Waals surface area contributed by atoms with Crippen molar-refractivity contribution in [3.63, 3.8) is 0 Å². The number of rotatable bonds is 6. The van der Waals surface area contributed by atoms with Crippen molar-refractivity contribution in [3.05, 3.63) is 29.8 Å². The Morgan fingerprint density at radius 1 is 1.25 bits per heavy atom.